The Morgan fingerprint density at radius 2 is 1.54 bits per heavy atom. The minimum atomic E-state index is -0.583. The molecule has 0 amide bonds. The molecule has 2 aromatic carbocycles. The van der Waals surface area contributed by atoms with Gasteiger partial charge < -0.3 is 18.9 Å². The van der Waals surface area contributed by atoms with E-state index in [0.29, 0.717) is 17.5 Å². The third-order valence-electron chi connectivity index (χ3n) is 4.08. The summed E-state index contributed by atoms with van der Waals surface area (Å²) >= 11 is 0. The van der Waals surface area contributed by atoms with Gasteiger partial charge >= 0.3 is 11.9 Å². The zero-order valence-corrected chi connectivity index (χ0v) is 14.4. The van der Waals surface area contributed by atoms with E-state index in [1.54, 1.807) is 48.5 Å². The number of hydrogen-bond donors (Lipinski definition) is 0. The Bertz CT molecular complexity index is 730. The van der Waals surface area contributed by atoms with E-state index in [4.69, 9.17) is 18.9 Å². The number of hydrogen-bond acceptors (Lipinski definition) is 6. The zero-order chi connectivity index (χ0) is 18.4. The number of methoxy groups -OCH3 is 1. The van der Waals surface area contributed by atoms with Crippen LogP contribution in [0.4, 0.5) is 0 Å². The number of carbonyl (C=O) groups is 2. The molecule has 0 radical (unpaired) electrons. The Hall–Kier alpha value is -2.70. The van der Waals surface area contributed by atoms with Crippen LogP contribution in [0.3, 0.4) is 0 Å². The van der Waals surface area contributed by atoms with Crippen LogP contribution in [-0.4, -0.2) is 44.2 Å². The lowest BCUT2D eigenvalue weighted by atomic mass is 10.1. The summed E-state index contributed by atoms with van der Waals surface area (Å²) in [5.41, 5.74) is 0.903. The van der Waals surface area contributed by atoms with Gasteiger partial charge in [-0.15, -0.1) is 0 Å². The Balaban J connectivity index is 1.60. The fourth-order valence-electron chi connectivity index (χ4n) is 2.70. The van der Waals surface area contributed by atoms with Gasteiger partial charge in [0.15, 0.2) is 6.29 Å². The van der Waals surface area contributed by atoms with Gasteiger partial charge in [-0.25, -0.2) is 9.59 Å². The molecule has 2 aromatic rings. The highest BCUT2D eigenvalue weighted by Gasteiger charge is 2.39. The molecule has 6 nitrogen and oxygen atoms in total. The van der Waals surface area contributed by atoms with Gasteiger partial charge in [0.25, 0.3) is 0 Å². The zero-order valence-electron chi connectivity index (χ0n) is 14.4. The molecule has 136 valence electrons. The molecule has 6 heteroatoms. The van der Waals surface area contributed by atoms with Crippen molar-refractivity contribution in [2.24, 2.45) is 0 Å². The third kappa shape index (κ3) is 4.47. The number of ether oxygens (including phenoxy) is 4. The molecule has 0 saturated carbocycles. The third-order valence-corrected chi connectivity index (χ3v) is 4.08. The predicted molar refractivity (Wildman–Crippen MR) is 92.7 cm³/mol. The molecule has 0 spiro atoms. The summed E-state index contributed by atoms with van der Waals surface area (Å²) in [5.74, 6) is -0.904. The second-order valence-electron chi connectivity index (χ2n) is 5.85. The van der Waals surface area contributed by atoms with Crippen molar-refractivity contribution >= 4 is 11.9 Å². The van der Waals surface area contributed by atoms with Gasteiger partial charge in [0, 0.05) is 13.5 Å². The lowest BCUT2D eigenvalue weighted by Gasteiger charge is -2.18. The molecule has 3 atom stereocenters. The Kier molecular flexibility index (Phi) is 5.99. The quantitative estimate of drug-likeness (QED) is 0.741. The topological polar surface area (TPSA) is 71.1 Å². The molecule has 1 aliphatic heterocycles. The van der Waals surface area contributed by atoms with Gasteiger partial charge in [-0.3, -0.25) is 0 Å². The van der Waals surface area contributed by atoms with Crippen LogP contribution in [0.5, 0.6) is 0 Å². The van der Waals surface area contributed by atoms with Crippen LogP contribution in [0.25, 0.3) is 0 Å². The summed E-state index contributed by atoms with van der Waals surface area (Å²) in [6.45, 7) is -0.0275. The minimum Gasteiger partial charge on any atom is -0.459 e. The highest BCUT2D eigenvalue weighted by Crippen LogP contribution is 2.25. The summed E-state index contributed by atoms with van der Waals surface area (Å²) in [7, 11) is 1.51. The van der Waals surface area contributed by atoms with Crippen molar-refractivity contribution in [3.8, 4) is 0 Å². The van der Waals surface area contributed by atoms with Crippen molar-refractivity contribution in [3.63, 3.8) is 0 Å². The van der Waals surface area contributed by atoms with Crippen molar-refractivity contribution in [3.05, 3.63) is 71.8 Å². The van der Waals surface area contributed by atoms with E-state index in [1.807, 2.05) is 12.1 Å². The molecule has 1 saturated heterocycles. The van der Waals surface area contributed by atoms with Gasteiger partial charge in [0.05, 0.1) is 11.1 Å². The van der Waals surface area contributed by atoms with Gasteiger partial charge in [0.2, 0.25) is 0 Å². The minimum absolute atomic E-state index is 0.0275. The molecule has 0 aromatic heterocycles. The van der Waals surface area contributed by atoms with Crippen molar-refractivity contribution in [1.29, 1.82) is 0 Å². The maximum Gasteiger partial charge on any atom is 0.338 e. The summed E-state index contributed by atoms with van der Waals surface area (Å²) < 4.78 is 21.7. The predicted octanol–water partition coefficient (Wildman–Crippen LogP) is 2.83. The van der Waals surface area contributed by atoms with Gasteiger partial charge in [-0.1, -0.05) is 36.4 Å². The SMILES string of the molecule is CO[C@@H]1C[C@H](OC(=O)c2ccccc2)[C@@H](COC(=O)c2ccccc2)O1. The molecule has 1 heterocycles. The van der Waals surface area contributed by atoms with Crippen LogP contribution in [0, 0.1) is 0 Å². The lowest BCUT2D eigenvalue weighted by Crippen LogP contribution is -2.32. The largest absolute Gasteiger partial charge is 0.459 e. The Morgan fingerprint density at radius 3 is 2.12 bits per heavy atom. The van der Waals surface area contributed by atoms with E-state index in [1.165, 1.54) is 7.11 Å². The van der Waals surface area contributed by atoms with E-state index in [-0.39, 0.29) is 6.61 Å². The molecule has 1 fully saturated rings. The molecule has 3 rings (SSSR count). The van der Waals surface area contributed by atoms with Crippen molar-refractivity contribution < 1.29 is 28.5 Å². The van der Waals surface area contributed by atoms with E-state index in [2.05, 4.69) is 0 Å². The van der Waals surface area contributed by atoms with Crippen LogP contribution in [0.15, 0.2) is 60.7 Å². The van der Waals surface area contributed by atoms with Crippen LogP contribution < -0.4 is 0 Å². The highest BCUT2D eigenvalue weighted by atomic mass is 16.7. The van der Waals surface area contributed by atoms with Crippen LogP contribution in [0.1, 0.15) is 27.1 Å². The van der Waals surface area contributed by atoms with Crippen molar-refractivity contribution in [1.82, 2.24) is 0 Å². The first-order chi connectivity index (χ1) is 12.7. The summed E-state index contributed by atoms with van der Waals surface area (Å²) in [6.07, 6.45) is -1.27. The maximum atomic E-state index is 12.3. The molecular formula is C20H20O6. The number of rotatable bonds is 6. The molecule has 1 aliphatic rings. The van der Waals surface area contributed by atoms with Crippen LogP contribution in [-0.2, 0) is 18.9 Å². The number of esters is 2. The highest BCUT2D eigenvalue weighted by molar-refractivity contribution is 5.90. The second-order valence-corrected chi connectivity index (χ2v) is 5.85. The molecule has 26 heavy (non-hydrogen) atoms. The van der Waals surface area contributed by atoms with E-state index >= 15 is 0 Å². The Labute approximate surface area is 151 Å². The van der Waals surface area contributed by atoms with Crippen molar-refractivity contribution in [2.75, 3.05) is 13.7 Å². The van der Waals surface area contributed by atoms with E-state index in [0.717, 1.165) is 0 Å². The summed E-state index contributed by atoms with van der Waals surface area (Å²) in [5, 5.41) is 0. The van der Waals surface area contributed by atoms with Gasteiger partial charge in [-0.2, -0.15) is 0 Å². The smallest absolute Gasteiger partial charge is 0.338 e. The summed E-state index contributed by atoms with van der Waals surface area (Å²) in [6, 6.07) is 17.4. The lowest BCUT2D eigenvalue weighted by molar-refractivity contribution is -0.128. The second kappa shape index (κ2) is 8.60. The van der Waals surface area contributed by atoms with E-state index in [9.17, 15) is 9.59 Å². The maximum absolute atomic E-state index is 12.3. The first kappa shape index (κ1) is 18.1. The molecule has 0 unspecified atom stereocenters. The molecular weight excluding hydrogens is 336 g/mol. The van der Waals surface area contributed by atoms with Crippen LogP contribution >= 0.6 is 0 Å². The average molecular weight is 356 g/mol. The fourth-order valence-corrected chi connectivity index (χ4v) is 2.70. The average Bonchev–Trinajstić information content (AvgIpc) is 3.09. The molecule has 0 bridgehead atoms. The number of benzene rings is 2. The first-order valence-corrected chi connectivity index (χ1v) is 8.34. The molecule has 0 N–H and O–H groups in total. The van der Waals surface area contributed by atoms with E-state index < -0.39 is 30.4 Å². The van der Waals surface area contributed by atoms with Gasteiger partial charge in [0.1, 0.15) is 18.8 Å². The fraction of sp³-hybridized carbons (Fsp3) is 0.300. The van der Waals surface area contributed by atoms with Gasteiger partial charge in [-0.05, 0) is 24.3 Å². The normalized spacial score (nSPS) is 22.0. The standard InChI is InChI=1S/C20H20O6/c1-23-18-12-16(26-20(22)15-10-6-3-7-11-15)17(25-18)13-24-19(21)14-8-4-2-5-9-14/h2-11,16-18H,12-13H2,1H3/t16-,17+,18-/m0/s1. The number of carbonyl (C=O) groups excluding carboxylic acids is 2. The first-order valence-electron chi connectivity index (χ1n) is 8.34. The van der Waals surface area contributed by atoms with Crippen LogP contribution in [0.2, 0.25) is 0 Å². The Morgan fingerprint density at radius 1 is 0.962 bits per heavy atom. The monoisotopic (exact) mass is 356 g/mol. The molecule has 0 aliphatic carbocycles. The summed E-state index contributed by atoms with van der Waals surface area (Å²) in [4.78, 5) is 24.4. The van der Waals surface area contributed by atoms with Crippen molar-refractivity contribution in [2.45, 2.75) is 24.9 Å².